The molecule has 0 bridgehead atoms. The van der Waals surface area contributed by atoms with Gasteiger partial charge in [-0.25, -0.2) is 0 Å². The molecule has 0 aliphatic carbocycles. The lowest BCUT2D eigenvalue weighted by molar-refractivity contribution is -0.137. The van der Waals surface area contributed by atoms with Crippen LogP contribution in [0, 0.1) is 0 Å². The minimum absolute atomic E-state index is 0.121. The van der Waals surface area contributed by atoms with Crippen molar-refractivity contribution >= 4 is 5.91 Å². The highest BCUT2D eigenvalue weighted by atomic mass is 16.5. The zero-order chi connectivity index (χ0) is 15.2. The molecule has 0 saturated carbocycles. The molecule has 1 aliphatic rings. The average Bonchev–Trinajstić information content (AvgIpc) is 2.75. The van der Waals surface area contributed by atoms with Gasteiger partial charge in [0.15, 0.2) is 6.10 Å². The van der Waals surface area contributed by atoms with Crippen LogP contribution in [0.15, 0.2) is 24.3 Å². The van der Waals surface area contributed by atoms with Gasteiger partial charge in [0.25, 0.3) is 5.91 Å². The second-order valence-electron chi connectivity index (χ2n) is 6.19. The first-order chi connectivity index (χ1) is 10.1. The van der Waals surface area contributed by atoms with Crippen molar-refractivity contribution in [3.05, 3.63) is 29.8 Å². The molecule has 0 spiro atoms. The van der Waals surface area contributed by atoms with Gasteiger partial charge >= 0.3 is 0 Å². The Morgan fingerprint density at radius 1 is 1.05 bits per heavy atom. The van der Waals surface area contributed by atoms with E-state index in [4.69, 9.17) is 4.74 Å². The largest absolute Gasteiger partial charge is 0.481 e. The highest BCUT2D eigenvalue weighted by Gasteiger charge is 2.23. The van der Waals surface area contributed by atoms with E-state index in [0.29, 0.717) is 5.92 Å². The van der Waals surface area contributed by atoms with Crippen molar-refractivity contribution in [2.75, 3.05) is 13.1 Å². The molecule has 1 fully saturated rings. The van der Waals surface area contributed by atoms with Gasteiger partial charge in [0.1, 0.15) is 5.75 Å². The third-order valence-corrected chi connectivity index (χ3v) is 4.11. The molecule has 1 amide bonds. The first-order valence-electron chi connectivity index (χ1n) is 8.14. The summed E-state index contributed by atoms with van der Waals surface area (Å²) >= 11 is 0. The molecule has 1 aliphatic heterocycles. The average molecular weight is 289 g/mol. The van der Waals surface area contributed by atoms with E-state index in [0.717, 1.165) is 37.2 Å². The predicted octanol–water partition coefficient (Wildman–Crippen LogP) is 3.98. The highest BCUT2D eigenvalue weighted by molar-refractivity contribution is 5.81. The van der Waals surface area contributed by atoms with Gasteiger partial charge in [-0.3, -0.25) is 4.79 Å². The van der Waals surface area contributed by atoms with E-state index < -0.39 is 6.10 Å². The molecule has 1 aromatic carbocycles. The predicted molar refractivity (Wildman–Crippen MR) is 85.7 cm³/mol. The maximum absolute atomic E-state index is 12.5. The van der Waals surface area contributed by atoms with Crippen molar-refractivity contribution in [2.45, 2.75) is 58.5 Å². The summed E-state index contributed by atoms with van der Waals surface area (Å²) in [5.41, 5.74) is 1.16. The zero-order valence-electron chi connectivity index (χ0n) is 13.5. The first kappa shape index (κ1) is 15.9. The lowest BCUT2D eigenvalue weighted by atomic mass is 10.0. The quantitative estimate of drug-likeness (QED) is 0.839. The Balaban J connectivity index is 2.03. The molecule has 1 saturated heterocycles. The molecular weight excluding hydrogens is 262 g/mol. The van der Waals surface area contributed by atoms with E-state index in [1.807, 2.05) is 30.0 Å². The third-order valence-electron chi connectivity index (χ3n) is 4.11. The van der Waals surface area contributed by atoms with Crippen LogP contribution in [0.5, 0.6) is 5.75 Å². The highest BCUT2D eigenvalue weighted by Crippen LogP contribution is 2.27. The lowest BCUT2D eigenvalue weighted by Gasteiger charge is -2.25. The SMILES string of the molecule is CC(Oc1ccccc1C(C)C)C(=O)N1CCCCCC1. The number of hydrogen-bond donors (Lipinski definition) is 0. The summed E-state index contributed by atoms with van der Waals surface area (Å²) in [5.74, 6) is 1.35. The Hall–Kier alpha value is -1.51. The third kappa shape index (κ3) is 4.23. The van der Waals surface area contributed by atoms with Gasteiger partial charge in [0, 0.05) is 13.1 Å². The van der Waals surface area contributed by atoms with Crippen LogP contribution in [0.3, 0.4) is 0 Å². The summed E-state index contributed by atoms with van der Waals surface area (Å²) in [5, 5.41) is 0. The standard InChI is InChI=1S/C18H27NO2/c1-14(2)16-10-6-7-11-17(16)21-15(3)18(20)19-12-8-4-5-9-13-19/h6-7,10-11,14-15H,4-5,8-9,12-13H2,1-3H3. The maximum Gasteiger partial charge on any atom is 0.263 e. The number of hydrogen-bond acceptors (Lipinski definition) is 2. The molecule has 1 heterocycles. The number of benzene rings is 1. The number of carbonyl (C=O) groups is 1. The molecule has 2 rings (SSSR count). The summed E-state index contributed by atoms with van der Waals surface area (Å²) in [6.45, 7) is 7.90. The number of ether oxygens (including phenoxy) is 1. The maximum atomic E-state index is 12.5. The van der Waals surface area contributed by atoms with Gasteiger partial charge in [-0.1, -0.05) is 44.9 Å². The van der Waals surface area contributed by atoms with E-state index >= 15 is 0 Å². The van der Waals surface area contributed by atoms with Gasteiger partial charge < -0.3 is 9.64 Å². The summed E-state index contributed by atoms with van der Waals surface area (Å²) < 4.78 is 5.97. The van der Waals surface area contributed by atoms with Gasteiger partial charge in [0.2, 0.25) is 0 Å². The Morgan fingerprint density at radius 2 is 1.67 bits per heavy atom. The van der Waals surface area contributed by atoms with Crippen LogP contribution >= 0.6 is 0 Å². The number of rotatable bonds is 4. The Bertz CT molecular complexity index is 462. The van der Waals surface area contributed by atoms with Crippen LogP contribution in [0.4, 0.5) is 0 Å². The van der Waals surface area contributed by atoms with Crippen LogP contribution in [-0.2, 0) is 4.79 Å². The smallest absolute Gasteiger partial charge is 0.263 e. The van der Waals surface area contributed by atoms with E-state index in [1.54, 1.807) is 0 Å². The van der Waals surface area contributed by atoms with Crippen molar-refractivity contribution in [1.82, 2.24) is 4.90 Å². The van der Waals surface area contributed by atoms with Crippen LogP contribution in [0.1, 0.15) is 57.9 Å². The van der Waals surface area contributed by atoms with Crippen LogP contribution in [0.25, 0.3) is 0 Å². The van der Waals surface area contributed by atoms with Gasteiger partial charge in [-0.05, 0) is 37.3 Å². The second kappa shape index (κ2) is 7.48. The molecule has 3 heteroatoms. The fourth-order valence-electron chi connectivity index (χ4n) is 2.85. The fourth-order valence-corrected chi connectivity index (χ4v) is 2.85. The monoisotopic (exact) mass is 289 g/mol. The molecule has 1 aromatic rings. The second-order valence-corrected chi connectivity index (χ2v) is 6.19. The number of amides is 1. The van der Waals surface area contributed by atoms with Gasteiger partial charge in [-0.2, -0.15) is 0 Å². The van der Waals surface area contributed by atoms with E-state index in [-0.39, 0.29) is 5.91 Å². The van der Waals surface area contributed by atoms with Crippen LogP contribution in [0.2, 0.25) is 0 Å². The van der Waals surface area contributed by atoms with Crippen LogP contribution < -0.4 is 4.74 Å². The summed E-state index contributed by atoms with van der Waals surface area (Å²) in [6, 6.07) is 8.01. The molecule has 1 atom stereocenters. The normalized spacial score (nSPS) is 17.4. The van der Waals surface area contributed by atoms with Crippen molar-refractivity contribution < 1.29 is 9.53 Å². The van der Waals surface area contributed by atoms with Crippen molar-refractivity contribution in [3.63, 3.8) is 0 Å². The fraction of sp³-hybridized carbons (Fsp3) is 0.611. The summed E-state index contributed by atoms with van der Waals surface area (Å²) in [7, 11) is 0. The molecule has 116 valence electrons. The van der Waals surface area contributed by atoms with E-state index in [1.165, 1.54) is 12.8 Å². The molecular formula is C18H27NO2. The van der Waals surface area contributed by atoms with Crippen molar-refractivity contribution in [1.29, 1.82) is 0 Å². The molecule has 3 nitrogen and oxygen atoms in total. The zero-order valence-corrected chi connectivity index (χ0v) is 13.5. The van der Waals surface area contributed by atoms with Gasteiger partial charge in [-0.15, -0.1) is 0 Å². The number of carbonyl (C=O) groups excluding carboxylic acids is 1. The minimum atomic E-state index is -0.414. The summed E-state index contributed by atoms with van der Waals surface area (Å²) in [4.78, 5) is 14.5. The topological polar surface area (TPSA) is 29.5 Å². The van der Waals surface area contributed by atoms with E-state index in [2.05, 4.69) is 19.9 Å². The Kier molecular flexibility index (Phi) is 5.66. The molecule has 0 radical (unpaired) electrons. The minimum Gasteiger partial charge on any atom is -0.481 e. The Morgan fingerprint density at radius 3 is 2.29 bits per heavy atom. The summed E-state index contributed by atoms with van der Waals surface area (Å²) in [6.07, 6.45) is 4.27. The van der Waals surface area contributed by atoms with Crippen molar-refractivity contribution in [2.24, 2.45) is 0 Å². The molecule has 1 unspecified atom stereocenters. The number of likely N-dealkylation sites (tertiary alicyclic amines) is 1. The molecule has 21 heavy (non-hydrogen) atoms. The number of para-hydroxylation sites is 1. The van der Waals surface area contributed by atoms with Crippen molar-refractivity contribution in [3.8, 4) is 5.75 Å². The van der Waals surface area contributed by atoms with Gasteiger partial charge in [0.05, 0.1) is 0 Å². The number of nitrogens with zero attached hydrogens (tertiary/aromatic N) is 1. The molecule has 0 aromatic heterocycles. The lowest BCUT2D eigenvalue weighted by Crippen LogP contribution is -2.41. The first-order valence-corrected chi connectivity index (χ1v) is 8.14. The molecule has 0 N–H and O–H groups in total. The van der Waals surface area contributed by atoms with E-state index in [9.17, 15) is 4.79 Å². The van der Waals surface area contributed by atoms with Crippen LogP contribution in [-0.4, -0.2) is 30.0 Å². The Labute approximate surface area is 128 Å².